The number of aryl methyl sites for hydroxylation is 2. The summed E-state index contributed by atoms with van der Waals surface area (Å²) >= 11 is 3.44. The van der Waals surface area contributed by atoms with Crippen LogP contribution in [0.5, 0.6) is 0 Å². The second-order valence-electron chi connectivity index (χ2n) is 4.83. The van der Waals surface area contributed by atoms with Gasteiger partial charge in [0.05, 0.1) is 11.4 Å². The number of benzene rings is 2. The van der Waals surface area contributed by atoms with E-state index in [1.807, 2.05) is 6.07 Å². The van der Waals surface area contributed by atoms with E-state index in [-0.39, 0.29) is 0 Å². The summed E-state index contributed by atoms with van der Waals surface area (Å²) in [5.41, 5.74) is 11.7. The second kappa shape index (κ2) is 6.11. The highest BCUT2D eigenvalue weighted by Crippen LogP contribution is 2.23. The van der Waals surface area contributed by atoms with E-state index in [9.17, 15) is 0 Å². The van der Waals surface area contributed by atoms with E-state index >= 15 is 0 Å². The normalized spacial score (nSPS) is 10.5. The van der Waals surface area contributed by atoms with Gasteiger partial charge in [-0.3, -0.25) is 0 Å². The summed E-state index contributed by atoms with van der Waals surface area (Å²) in [5.74, 6) is 0. The van der Waals surface area contributed by atoms with Gasteiger partial charge in [0.25, 0.3) is 0 Å². The molecule has 0 atom stereocenters. The molecule has 3 N–H and O–H groups in total. The standard InChI is InChI=1S/C16H19BrN2/c1-11-9-15(18)16(10-12(11)2)19-8-7-13-3-5-14(17)6-4-13/h3-6,9-10,19H,7-8,18H2,1-2H3. The highest BCUT2D eigenvalue weighted by molar-refractivity contribution is 9.10. The van der Waals surface area contributed by atoms with Crippen molar-refractivity contribution in [3.05, 3.63) is 57.6 Å². The first-order chi connectivity index (χ1) is 9.06. The minimum absolute atomic E-state index is 0.818. The Bertz CT molecular complexity index is 562. The van der Waals surface area contributed by atoms with Crippen LogP contribution < -0.4 is 11.1 Å². The van der Waals surface area contributed by atoms with Gasteiger partial charge in [0.15, 0.2) is 0 Å². The van der Waals surface area contributed by atoms with Crippen LogP contribution in [0.25, 0.3) is 0 Å². The van der Waals surface area contributed by atoms with E-state index < -0.39 is 0 Å². The van der Waals surface area contributed by atoms with Gasteiger partial charge in [0, 0.05) is 11.0 Å². The van der Waals surface area contributed by atoms with Crippen LogP contribution in [0.15, 0.2) is 40.9 Å². The molecule has 0 aromatic heterocycles. The molecule has 2 nitrogen and oxygen atoms in total. The van der Waals surface area contributed by atoms with Crippen LogP contribution in [0.1, 0.15) is 16.7 Å². The van der Waals surface area contributed by atoms with Crippen LogP contribution in [-0.2, 0) is 6.42 Å². The molecule has 19 heavy (non-hydrogen) atoms. The molecular formula is C16H19BrN2. The van der Waals surface area contributed by atoms with Gasteiger partial charge >= 0.3 is 0 Å². The zero-order valence-corrected chi connectivity index (χ0v) is 12.9. The number of nitrogen functional groups attached to an aromatic ring is 1. The Balaban J connectivity index is 1.96. The number of anilines is 2. The number of hydrogen-bond donors (Lipinski definition) is 2. The summed E-state index contributed by atoms with van der Waals surface area (Å²) < 4.78 is 1.11. The summed E-state index contributed by atoms with van der Waals surface area (Å²) in [7, 11) is 0. The molecular weight excluding hydrogens is 300 g/mol. The van der Waals surface area contributed by atoms with Crippen LogP contribution >= 0.6 is 15.9 Å². The van der Waals surface area contributed by atoms with E-state index in [1.165, 1.54) is 16.7 Å². The highest BCUT2D eigenvalue weighted by atomic mass is 79.9. The Morgan fingerprint density at radius 2 is 1.68 bits per heavy atom. The van der Waals surface area contributed by atoms with Crippen molar-refractivity contribution in [1.82, 2.24) is 0 Å². The van der Waals surface area contributed by atoms with Crippen LogP contribution in [0.3, 0.4) is 0 Å². The molecule has 0 saturated carbocycles. The first-order valence-corrected chi connectivity index (χ1v) is 7.20. The van der Waals surface area contributed by atoms with E-state index in [2.05, 4.69) is 65.4 Å². The second-order valence-corrected chi connectivity index (χ2v) is 5.74. The van der Waals surface area contributed by atoms with Gasteiger partial charge in [-0.25, -0.2) is 0 Å². The predicted octanol–water partition coefficient (Wildman–Crippen LogP) is 4.30. The van der Waals surface area contributed by atoms with Gasteiger partial charge in [0.2, 0.25) is 0 Å². The van der Waals surface area contributed by atoms with Crippen molar-refractivity contribution in [3.8, 4) is 0 Å². The maximum Gasteiger partial charge on any atom is 0.0576 e. The lowest BCUT2D eigenvalue weighted by molar-refractivity contribution is 1.02. The molecule has 0 unspecified atom stereocenters. The van der Waals surface area contributed by atoms with Gasteiger partial charge < -0.3 is 11.1 Å². The molecule has 0 fully saturated rings. The van der Waals surface area contributed by atoms with Crippen molar-refractivity contribution < 1.29 is 0 Å². The van der Waals surface area contributed by atoms with Gasteiger partial charge in [-0.2, -0.15) is 0 Å². The average molecular weight is 319 g/mol. The van der Waals surface area contributed by atoms with Crippen LogP contribution in [0.4, 0.5) is 11.4 Å². The summed E-state index contributed by atoms with van der Waals surface area (Å²) in [4.78, 5) is 0. The van der Waals surface area contributed by atoms with Crippen molar-refractivity contribution in [2.24, 2.45) is 0 Å². The summed E-state index contributed by atoms with van der Waals surface area (Å²) in [6, 6.07) is 12.5. The highest BCUT2D eigenvalue weighted by Gasteiger charge is 2.02. The SMILES string of the molecule is Cc1cc(N)c(NCCc2ccc(Br)cc2)cc1C. The average Bonchev–Trinajstić information content (AvgIpc) is 2.38. The zero-order valence-electron chi connectivity index (χ0n) is 11.3. The Hall–Kier alpha value is -1.48. The molecule has 0 amide bonds. The van der Waals surface area contributed by atoms with Crippen LogP contribution in [0.2, 0.25) is 0 Å². The smallest absolute Gasteiger partial charge is 0.0576 e. The van der Waals surface area contributed by atoms with Crippen molar-refractivity contribution in [1.29, 1.82) is 0 Å². The molecule has 0 heterocycles. The molecule has 2 aromatic carbocycles. The minimum atomic E-state index is 0.818. The Kier molecular flexibility index (Phi) is 4.48. The van der Waals surface area contributed by atoms with E-state index in [0.29, 0.717) is 0 Å². The molecule has 0 aliphatic heterocycles. The molecule has 100 valence electrons. The number of halogens is 1. The number of hydrogen-bond acceptors (Lipinski definition) is 2. The lowest BCUT2D eigenvalue weighted by Gasteiger charge is -2.12. The molecule has 0 radical (unpaired) electrons. The third kappa shape index (κ3) is 3.74. The molecule has 0 bridgehead atoms. The number of nitrogens with one attached hydrogen (secondary N) is 1. The largest absolute Gasteiger partial charge is 0.397 e. The van der Waals surface area contributed by atoms with Crippen molar-refractivity contribution in [2.45, 2.75) is 20.3 Å². The van der Waals surface area contributed by atoms with Crippen LogP contribution in [0, 0.1) is 13.8 Å². The van der Waals surface area contributed by atoms with Gasteiger partial charge in [0.1, 0.15) is 0 Å². The lowest BCUT2D eigenvalue weighted by Crippen LogP contribution is -2.07. The molecule has 0 saturated heterocycles. The fraction of sp³-hybridized carbons (Fsp3) is 0.250. The number of rotatable bonds is 4. The lowest BCUT2D eigenvalue weighted by atomic mass is 10.1. The van der Waals surface area contributed by atoms with Crippen molar-refractivity contribution in [3.63, 3.8) is 0 Å². The van der Waals surface area contributed by atoms with Gasteiger partial charge in [-0.1, -0.05) is 28.1 Å². The van der Waals surface area contributed by atoms with E-state index in [1.54, 1.807) is 0 Å². The van der Waals surface area contributed by atoms with E-state index in [0.717, 1.165) is 28.8 Å². The topological polar surface area (TPSA) is 38.0 Å². The van der Waals surface area contributed by atoms with Crippen LogP contribution in [-0.4, -0.2) is 6.54 Å². The molecule has 0 aliphatic rings. The molecule has 3 heteroatoms. The Morgan fingerprint density at radius 1 is 1.05 bits per heavy atom. The Morgan fingerprint density at radius 3 is 2.37 bits per heavy atom. The number of nitrogens with two attached hydrogens (primary N) is 1. The third-order valence-corrected chi connectivity index (χ3v) is 3.84. The summed E-state index contributed by atoms with van der Waals surface area (Å²) in [5, 5.41) is 3.41. The fourth-order valence-electron chi connectivity index (χ4n) is 1.98. The summed E-state index contributed by atoms with van der Waals surface area (Å²) in [6.45, 7) is 5.07. The maximum atomic E-state index is 6.02. The summed E-state index contributed by atoms with van der Waals surface area (Å²) in [6.07, 6.45) is 0.986. The van der Waals surface area contributed by atoms with Crippen molar-refractivity contribution in [2.75, 3.05) is 17.6 Å². The van der Waals surface area contributed by atoms with Gasteiger partial charge in [-0.15, -0.1) is 0 Å². The molecule has 0 spiro atoms. The third-order valence-electron chi connectivity index (χ3n) is 3.31. The predicted molar refractivity (Wildman–Crippen MR) is 86.7 cm³/mol. The Labute approximate surface area is 123 Å². The van der Waals surface area contributed by atoms with Crippen molar-refractivity contribution >= 4 is 27.3 Å². The van der Waals surface area contributed by atoms with E-state index in [4.69, 9.17) is 5.73 Å². The van der Waals surface area contributed by atoms with Gasteiger partial charge in [-0.05, 0) is 61.2 Å². The monoisotopic (exact) mass is 318 g/mol. The zero-order chi connectivity index (χ0) is 13.8. The first-order valence-electron chi connectivity index (χ1n) is 6.41. The fourth-order valence-corrected chi connectivity index (χ4v) is 2.25. The molecule has 2 aromatic rings. The molecule has 2 rings (SSSR count). The maximum absolute atomic E-state index is 6.02. The quantitative estimate of drug-likeness (QED) is 0.825. The molecule has 0 aliphatic carbocycles. The first kappa shape index (κ1) is 13.9. The minimum Gasteiger partial charge on any atom is -0.397 e.